The molecule has 0 N–H and O–H groups in total. The van der Waals surface area contributed by atoms with E-state index in [2.05, 4.69) is 0 Å². The van der Waals surface area contributed by atoms with Crippen molar-refractivity contribution >= 4 is 5.78 Å². The van der Waals surface area contributed by atoms with Gasteiger partial charge in [0.1, 0.15) is 12.4 Å². The summed E-state index contributed by atoms with van der Waals surface area (Å²) in [5.74, 6) is 0.0187. The van der Waals surface area contributed by atoms with Crippen molar-refractivity contribution in [3.8, 4) is 5.75 Å². The molecule has 0 aliphatic carbocycles. The van der Waals surface area contributed by atoms with E-state index in [0.29, 0.717) is 26.1 Å². The lowest BCUT2D eigenvalue weighted by Crippen LogP contribution is -2.15. The first-order valence-electron chi connectivity index (χ1n) is 8.57. The molecule has 0 radical (unpaired) electrons. The van der Waals surface area contributed by atoms with Crippen LogP contribution in [0.4, 0.5) is 13.2 Å². The van der Waals surface area contributed by atoms with Gasteiger partial charge in [-0.15, -0.1) is 0 Å². The molecule has 0 aliphatic rings. The number of benzene rings is 1. The van der Waals surface area contributed by atoms with E-state index in [-0.39, 0.29) is 35.5 Å². The van der Waals surface area contributed by atoms with E-state index in [9.17, 15) is 18.0 Å². The van der Waals surface area contributed by atoms with Gasteiger partial charge in [0.2, 0.25) is 0 Å². The molecule has 25 heavy (non-hydrogen) atoms. The highest BCUT2D eigenvalue weighted by atomic mass is 19.4. The molecule has 1 aromatic rings. The molecule has 0 amide bonds. The molecule has 142 valence electrons. The van der Waals surface area contributed by atoms with Crippen LogP contribution in [0.5, 0.6) is 5.75 Å². The number of ether oxygens (including phenoxy) is 2. The number of hydrogen-bond acceptors (Lipinski definition) is 3. The summed E-state index contributed by atoms with van der Waals surface area (Å²) in [6.45, 7) is 7.94. The largest absolute Gasteiger partial charge is 0.494 e. The summed E-state index contributed by atoms with van der Waals surface area (Å²) < 4.78 is 50.1. The van der Waals surface area contributed by atoms with Gasteiger partial charge in [-0.1, -0.05) is 33.8 Å². The van der Waals surface area contributed by atoms with Crippen molar-refractivity contribution in [1.82, 2.24) is 0 Å². The Morgan fingerprint density at radius 3 is 2.28 bits per heavy atom. The zero-order chi connectivity index (χ0) is 19.0. The molecule has 0 saturated carbocycles. The SMILES string of the molecule is CC(C)C(=O)COCCCCOc1ccc(C(C)C)c(C(F)(F)F)c1. The third-order valence-corrected chi connectivity index (χ3v) is 3.79. The number of hydrogen-bond donors (Lipinski definition) is 0. The van der Waals surface area contributed by atoms with Crippen molar-refractivity contribution in [2.45, 2.75) is 52.6 Å². The first-order valence-corrected chi connectivity index (χ1v) is 8.57. The average Bonchev–Trinajstić information content (AvgIpc) is 2.52. The number of carbonyl (C=O) groups excluding carboxylic acids is 1. The Hall–Kier alpha value is -1.56. The molecular weight excluding hydrogens is 333 g/mol. The molecule has 1 aromatic carbocycles. The zero-order valence-electron chi connectivity index (χ0n) is 15.3. The van der Waals surface area contributed by atoms with Gasteiger partial charge >= 0.3 is 6.18 Å². The van der Waals surface area contributed by atoms with Crippen LogP contribution < -0.4 is 4.74 Å². The van der Waals surface area contributed by atoms with Crippen LogP contribution in [-0.2, 0) is 15.7 Å². The van der Waals surface area contributed by atoms with Gasteiger partial charge < -0.3 is 9.47 Å². The van der Waals surface area contributed by atoms with Crippen LogP contribution in [0.3, 0.4) is 0 Å². The van der Waals surface area contributed by atoms with E-state index in [1.807, 2.05) is 13.8 Å². The molecule has 0 bridgehead atoms. The van der Waals surface area contributed by atoms with E-state index in [1.165, 1.54) is 6.07 Å². The summed E-state index contributed by atoms with van der Waals surface area (Å²) in [6.07, 6.45) is -3.07. The second-order valence-corrected chi connectivity index (χ2v) is 6.63. The Morgan fingerprint density at radius 1 is 1.08 bits per heavy atom. The molecule has 0 aromatic heterocycles. The minimum atomic E-state index is -4.39. The minimum Gasteiger partial charge on any atom is -0.494 e. The number of unbranched alkanes of at least 4 members (excludes halogenated alkanes) is 1. The van der Waals surface area contributed by atoms with Gasteiger partial charge in [0.05, 0.1) is 12.2 Å². The van der Waals surface area contributed by atoms with Crippen LogP contribution in [0.15, 0.2) is 18.2 Å². The number of alkyl halides is 3. The molecule has 6 heteroatoms. The van der Waals surface area contributed by atoms with Gasteiger partial charge in [0.15, 0.2) is 5.78 Å². The third kappa shape index (κ3) is 7.46. The van der Waals surface area contributed by atoms with Crippen molar-refractivity contribution in [3.05, 3.63) is 29.3 Å². The standard InChI is InChI=1S/C19H27F3O3/c1-13(2)16-8-7-15(11-17(16)19(20,21)22)25-10-6-5-9-24-12-18(23)14(3)4/h7-8,11,13-14H,5-6,9-10,12H2,1-4H3. The lowest BCUT2D eigenvalue weighted by Gasteiger charge is -2.17. The summed E-state index contributed by atoms with van der Waals surface area (Å²) in [5, 5.41) is 0. The van der Waals surface area contributed by atoms with E-state index in [1.54, 1.807) is 19.9 Å². The minimum absolute atomic E-state index is 0.0417. The van der Waals surface area contributed by atoms with Gasteiger partial charge in [-0.05, 0) is 36.5 Å². The Kier molecular flexibility index (Phi) is 8.42. The van der Waals surface area contributed by atoms with Crippen LogP contribution in [-0.4, -0.2) is 25.6 Å². The Labute approximate surface area is 147 Å². The summed E-state index contributed by atoms with van der Waals surface area (Å²) in [4.78, 5) is 11.4. The van der Waals surface area contributed by atoms with Crippen molar-refractivity contribution in [3.63, 3.8) is 0 Å². The molecule has 0 unspecified atom stereocenters. The molecular formula is C19H27F3O3. The normalized spacial score (nSPS) is 12.0. The van der Waals surface area contributed by atoms with Gasteiger partial charge in [-0.2, -0.15) is 13.2 Å². The summed E-state index contributed by atoms with van der Waals surface area (Å²) >= 11 is 0. The first-order chi connectivity index (χ1) is 11.6. The number of rotatable bonds is 10. The zero-order valence-corrected chi connectivity index (χ0v) is 15.3. The molecule has 0 saturated heterocycles. The quantitative estimate of drug-likeness (QED) is 0.536. The Balaban J connectivity index is 2.42. The smallest absolute Gasteiger partial charge is 0.416 e. The fourth-order valence-electron chi connectivity index (χ4n) is 2.21. The average molecular weight is 360 g/mol. The van der Waals surface area contributed by atoms with Crippen LogP contribution in [0.2, 0.25) is 0 Å². The summed E-state index contributed by atoms with van der Waals surface area (Å²) in [5.41, 5.74) is -0.376. The van der Waals surface area contributed by atoms with Crippen molar-refractivity contribution < 1.29 is 27.4 Å². The van der Waals surface area contributed by atoms with E-state index < -0.39 is 11.7 Å². The van der Waals surface area contributed by atoms with E-state index in [0.717, 1.165) is 6.07 Å². The van der Waals surface area contributed by atoms with Crippen LogP contribution >= 0.6 is 0 Å². The Morgan fingerprint density at radius 2 is 1.72 bits per heavy atom. The van der Waals surface area contributed by atoms with Gasteiger partial charge in [0, 0.05) is 12.5 Å². The van der Waals surface area contributed by atoms with Crippen molar-refractivity contribution in [2.24, 2.45) is 5.92 Å². The highest BCUT2D eigenvalue weighted by Gasteiger charge is 2.34. The lowest BCUT2D eigenvalue weighted by molar-refractivity contribution is -0.138. The van der Waals surface area contributed by atoms with Crippen molar-refractivity contribution in [2.75, 3.05) is 19.8 Å². The summed E-state index contributed by atoms with van der Waals surface area (Å²) in [7, 11) is 0. The second kappa shape index (κ2) is 9.80. The van der Waals surface area contributed by atoms with E-state index in [4.69, 9.17) is 9.47 Å². The third-order valence-electron chi connectivity index (χ3n) is 3.79. The predicted octanol–water partition coefficient (Wildman–Crippen LogP) is 5.23. The van der Waals surface area contributed by atoms with Crippen molar-refractivity contribution in [1.29, 1.82) is 0 Å². The number of halogens is 3. The number of carbonyl (C=O) groups is 1. The molecule has 0 fully saturated rings. The highest BCUT2D eigenvalue weighted by molar-refractivity contribution is 5.81. The van der Waals surface area contributed by atoms with Crippen LogP contribution in [0.25, 0.3) is 0 Å². The fourth-order valence-corrected chi connectivity index (χ4v) is 2.21. The molecule has 1 rings (SSSR count). The fraction of sp³-hybridized carbons (Fsp3) is 0.632. The number of Topliss-reactive ketones (excluding diaryl/α,β-unsaturated/α-hetero) is 1. The predicted molar refractivity (Wildman–Crippen MR) is 90.9 cm³/mol. The van der Waals surface area contributed by atoms with Crippen LogP contribution in [0, 0.1) is 5.92 Å². The maximum Gasteiger partial charge on any atom is 0.416 e. The van der Waals surface area contributed by atoms with Gasteiger partial charge in [-0.25, -0.2) is 0 Å². The van der Waals surface area contributed by atoms with Gasteiger partial charge in [0.25, 0.3) is 0 Å². The Bertz CT molecular complexity index is 551. The molecule has 0 atom stereocenters. The lowest BCUT2D eigenvalue weighted by atomic mass is 9.96. The topological polar surface area (TPSA) is 35.5 Å². The molecule has 0 aliphatic heterocycles. The monoisotopic (exact) mass is 360 g/mol. The highest BCUT2D eigenvalue weighted by Crippen LogP contribution is 2.37. The number of ketones is 1. The second-order valence-electron chi connectivity index (χ2n) is 6.63. The molecule has 0 spiro atoms. The van der Waals surface area contributed by atoms with Crippen LogP contribution in [0.1, 0.15) is 57.6 Å². The maximum atomic E-state index is 13.1. The van der Waals surface area contributed by atoms with E-state index >= 15 is 0 Å². The first kappa shape index (κ1) is 21.5. The molecule has 3 nitrogen and oxygen atoms in total. The summed E-state index contributed by atoms with van der Waals surface area (Å²) in [6, 6.07) is 4.11. The maximum absolute atomic E-state index is 13.1. The van der Waals surface area contributed by atoms with Gasteiger partial charge in [-0.3, -0.25) is 4.79 Å². The molecule has 0 heterocycles.